The highest BCUT2D eigenvalue weighted by Gasteiger charge is 2.11. The van der Waals surface area contributed by atoms with Gasteiger partial charge in [-0.25, -0.2) is 4.98 Å². The van der Waals surface area contributed by atoms with Crippen molar-refractivity contribution >= 4 is 11.3 Å². The van der Waals surface area contributed by atoms with E-state index in [1.54, 1.807) is 0 Å². The molecule has 0 amide bonds. The summed E-state index contributed by atoms with van der Waals surface area (Å²) in [5, 5.41) is 4.81. The molecule has 0 radical (unpaired) electrons. The Hall–Kier alpha value is -0.410. The second kappa shape index (κ2) is 6.23. The third kappa shape index (κ3) is 3.92. The molecule has 1 rings (SSSR count). The van der Waals surface area contributed by atoms with Crippen molar-refractivity contribution in [3.63, 3.8) is 0 Å². The Morgan fingerprint density at radius 3 is 2.53 bits per heavy atom. The van der Waals surface area contributed by atoms with Crippen molar-refractivity contribution in [2.45, 2.75) is 53.0 Å². The summed E-state index contributed by atoms with van der Waals surface area (Å²) in [6.07, 6.45) is 3.56. The van der Waals surface area contributed by atoms with Crippen LogP contribution in [0.2, 0.25) is 0 Å². The van der Waals surface area contributed by atoms with E-state index in [2.05, 4.69) is 38.0 Å². The van der Waals surface area contributed by atoms with Crippen LogP contribution in [-0.4, -0.2) is 17.6 Å². The van der Waals surface area contributed by atoms with Crippen LogP contribution in [0.15, 0.2) is 0 Å². The van der Waals surface area contributed by atoms with Gasteiger partial charge in [-0.05, 0) is 26.8 Å². The van der Waals surface area contributed by atoms with Crippen molar-refractivity contribution in [2.24, 2.45) is 0 Å². The van der Waals surface area contributed by atoms with Gasteiger partial charge in [-0.3, -0.25) is 0 Å². The molecule has 1 heterocycles. The number of rotatable bonds is 6. The summed E-state index contributed by atoms with van der Waals surface area (Å²) in [7, 11) is 0. The number of likely N-dealkylation sites (N-methyl/N-ethyl adjacent to an activating group) is 1. The van der Waals surface area contributed by atoms with Crippen molar-refractivity contribution in [3.05, 3.63) is 15.6 Å². The summed E-state index contributed by atoms with van der Waals surface area (Å²) in [5.74, 6) is 0. The molecule has 0 bridgehead atoms. The Balaban J connectivity index is 2.56. The van der Waals surface area contributed by atoms with Crippen LogP contribution < -0.4 is 5.32 Å². The van der Waals surface area contributed by atoms with E-state index in [0.717, 1.165) is 13.0 Å². The minimum Gasteiger partial charge on any atom is -0.314 e. The van der Waals surface area contributed by atoms with Crippen LogP contribution in [-0.2, 0) is 6.42 Å². The predicted octanol–water partition coefficient (Wildman–Crippen LogP) is 3.08. The molecule has 1 unspecified atom stereocenters. The lowest BCUT2D eigenvalue weighted by Crippen LogP contribution is -2.30. The highest BCUT2D eigenvalue weighted by atomic mass is 32.1. The average Bonchev–Trinajstić information content (AvgIpc) is 2.47. The maximum absolute atomic E-state index is 4.59. The van der Waals surface area contributed by atoms with Gasteiger partial charge in [0.15, 0.2) is 0 Å². The van der Waals surface area contributed by atoms with Crippen molar-refractivity contribution in [3.8, 4) is 0 Å². The first-order valence-corrected chi connectivity index (χ1v) is 6.65. The monoisotopic (exact) mass is 226 g/mol. The lowest BCUT2D eigenvalue weighted by atomic mass is 10.1. The minimum absolute atomic E-state index is 0.602. The van der Waals surface area contributed by atoms with E-state index in [9.17, 15) is 0 Å². The van der Waals surface area contributed by atoms with Gasteiger partial charge >= 0.3 is 0 Å². The first-order valence-electron chi connectivity index (χ1n) is 5.83. The van der Waals surface area contributed by atoms with Gasteiger partial charge in [0.25, 0.3) is 0 Å². The lowest BCUT2D eigenvalue weighted by Gasteiger charge is -2.15. The zero-order chi connectivity index (χ0) is 11.3. The van der Waals surface area contributed by atoms with Crippen LogP contribution in [0.25, 0.3) is 0 Å². The number of thiazole rings is 1. The summed E-state index contributed by atoms with van der Waals surface area (Å²) in [5.41, 5.74) is 1.20. The first-order chi connectivity index (χ1) is 7.17. The van der Waals surface area contributed by atoms with Crippen LogP contribution in [0, 0.1) is 13.8 Å². The van der Waals surface area contributed by atoms with Crippen LogP contribution in [0.5, 0.6) is 0 Å². The van der Waals surface area contributed by atoms with Gasteiger partial charge in [-0.15, -0.1) is 11.3 Å². The molecule has 0 saturated carbocycles. The van der Waals surface area contributed by atoms with Gasteiger partial charge in [0.1, 0.15) is 0 Å². The molecule has 1 aromatic heterocycles. The second-order valence-corrected chi connectivity index (χ2v) is 5.28. The molecule has 2 nitrogen and oxygen atoms in total. The number of hydrogen-bond acceptors (Lipinski definition) is 3. The predicted molar refractivity (Wildman–Crippen MR) is 67.7 cm³/mol. The molecule has 86 valence electrons. The summed E-state index contributed by atoms with van der Waals surface area (Å²) in [6.45, 7) is 9.70. The van der Waals surface area contributed by atoms with Crippen LogP contribution in [0.4, 0.5) is 0 Å². The molecule has 0 aliphatic rings. The molecule has 15 heavy (non-hydrogen) atoms. The molecule has 0 aromatic carbocycles. The summed E-state index contributed by atoms with van der Waals surface area (Å²) < 4.78 is 0. The van der Waals surface area contributed by atoms with Crippen LogP contribution in [0.1, 0.15) is 42.3 Å². The minimum atomic E-state index is 0.602. The Kier molecular flexibility index (Phi) is 5.26. The van der Waals surface area contributed by atoms with Gasteiger partial charge in [-0.2, -0.15) is 0 Å². The maximum atomic E-state index is 4.59. The highest BCUT2D eigenvalue weighted by Crippen LogP contribution is 2.18. The Labute approximate surface area is 97.1 Å². The molecule has 1 aromatic rings. The van der Waals surface area contributed by atoms with Crippen molar-refractivity contribution < 1.29 is 0 Å². The fourth-order valence-corrected chi connectivity index (χ4v) is 2.76. The Bertz CT molecular complexity index is 268. The number of hydrogen-bond donors (Lipinski definition) is 1. The summed E-state index contributed by atoms with van der Waals surface area (Å²) in [4.78, 5) is 5.95. The first kappa shape index (κ1) is 12.7. The van der Waals surface area contributed by atoms with Crippen LogP contribution >= 0.6 is 11.3 Å². The van der Waals surface area contributed by atoms with E-state index < -0.39 is 0 Å². The quantitative estimate of drug-likeness (QED) is 0.806. The molecular weight excluding hydrogens is 204 g/mol. The number of aromatic nitrogens is 1. The smallest absolute Gasteiger partial charge is 0.0946 e. The van der Waals surface area contributed by atoms with E-state index >= 15 is 0 Å². The SMILES string of the molecule is CCCC(Cc1nc(C)c(C)s1)NCC. The highest BCUT2D eigenvalue weighted by molar-refractivity contribution is 7.11. The van der Waals surface area contributed by atoms with E-state index in [0.29, 0.717) is 6.04 Å². The van der Waals surface area contributed by atoms with Gasteiger partial charge in [0.05, 0.1) is 10.7 Å². The largest absolute Gasteiger partial charge is 0.314 e. The van der Waals surface area contributed by atoms with Crippen molar-refractivity contribution in [2.75, 3.05) is 6.54 Å². The average molecular weight is 226 g/mol. The van der Waals surface area contributed by atoms with E-state index in [-0.39, 0.29) is 0 Å². The molecule has 3 heteroatoms. The van der Waals surface area contributed by atoms with Crippen molar-refractivity contribution in [1.82, 2.24) is 10.3 Å². The van der Waals surface area contributed by atoms with Gasteiger partial charge in [-0.1, -0.05) is 20.3 Å². The lowest BCUT2D eigenvalue weighted by molar-refractivity contribution is 0.485. The summed E-state index contributed by atoms with van der Waals surface area (Å²) in [6, 6.07) is 0.602. The molecule has 0 aliphatic carbocycles. The van der Waals surface area contributed by atoms with Crippen LogP contribution in [0.3, 0.4) is 0 Å². The maximum Gasteiger partial charge on any atom is 0.0946 e. The Morgan fingerprint density at radius 1 is 1.33 bits per heavy atom. The fourth-order valence-electron chi connectivity index (χ4n) is 1.75. The normalized spacial score (nSPS) is 13.1. The Morgan fingerprint density at radius 2 is 2.07 bits per heavy atom. The van der Waals surface area contributed by atoms with Crippen molar-refractivity contribution in [1.29, 1.82) is 0 Å². The third-order valence-electron chi connectivity index (χ3n) is 2.62. The molecule has 0 spiro atoms. The standard InChI is InChI=1S/C12H22N2S/c1-5-7-11(13-6-2)8-12-14-9(3)10(4)15-12/h11,13H,5-8H2,1-4H3. The molecule has 0 fully saturated rings. The van der Waals surface area contributed by atoms with Gasteiger partial charge in [0.2, 0.25) is 0 Å². The number of aryl methyl sites for hydroxylation is 2. The topological polar surface area (TPSA) is 24.9 Å². The van der Waals surface area contributed by atoms with E-state index in [1.165, 1.54) is 28.4 Å². The number of nitrogens with one attached hydrogen (secondary N) is 1. The van der Waals surface area contributed by atoms with E-state index in [1.807, 2.05) is 11.3 Å². The molecule has 0 saturated heterocycles. The molecular formula is C12H22N2S. The van der Waals surface area contributed by atoms with Gasteiger partial charge in [0, 0.05) is 17.3 Å². The third-order valence-corrected chi connectivity index (χ3v) is 3.72. The summed E-state index contributed by atoms with van der Waals surface area (Å²) >= 11 is 1.84. The zero-order valence-electron chi connectivity index (χ0n) is 10.3. The van der Waals surface area contributed by atoms with E-state index in [4.69, 9.17) is 0 Å². The molecule has 0 aliphatic heterocycles. The molecule has 1 N–H and O–H groups in total. The second-order valence-electron chi connectivity index (χ2n) is 4.00. The number of nitrogens with zero attached hydrogens (tertiary/aromatic N) is 1. The zero-order valence-corrected chi connectivity index (χ0v) is 11.1. The molecule has 1 atom stereocenters. The fraction of sp³-hybridized carbons (Fsp3) is 0.750. The van der Waals surface area contributed by atoms with Gasteiger partial charge < -0.3 is 5.32 Å².